The molecule has 2 atom stereocenters. The van der Waals surface area contributed by atoms with E-state index in [0.29, 0.717) is 0 Å². The summed E-state index contributed by atoms with van der Waals surface area (Å²) in [5.74, 6) is 0. The number of hydrogen-bond acceptors (Lipinski definition) is 0. The van der Waals surface area contributed by atoms with Crippen molar-refractivity contribution in [3.05, 3.63) is 144 Å². The fraction of sp³-hybridized carbons (Fsp3) is 0.125. The van der Waals surface area contributed by atoms with Crippen molar-refractivity contribution < 1.29 is 11.5 Å². The van der Waals surface area contributed by atoms with E-state index in [1.807, 2.05) is 0 Å². The number of rotatable bonds is 4. The average Bonchev–Trinajstić information content (AvgIpc) is 3.52. The second-order valence-electron chi connectivity index (χ2n) is 12.7. The van der Waals surface area contributed by atoms with Crippen LogP contribution in [-0.2, 0) is 11.5 Å². The molecule has 0 fully saturated rings. The molecule has 0 heterocycles. The van der Waals surface area contributed by atoms with E-state index >= 15 is 0 Å². The maximum absolute atomic E-state index is 5.17. The molecule has 4 aromatic carbocycles. The van der Waals surface area contributed by atoms with Gasteiger partial charge in [-0.2, -0.15) is 0 Å². The zero-order valence-corrected chi connectivity index (χ0v) is 23.0. The van der Waals surface area contributed by atoms with E-state index in [2.05, 4.69) is 152 Å². The van der Waals surface area contributed by atoms with Crippen LogP contribution in [0.4, 0.5) is 0 Å². The second-order valence-corrected chi connectivity index (χ2v) is 44.1. The van der Waals surface area contributed by atoms with E-state index in [4.69, 9.17) is 0 Å². The Kier molecular flexibility index (Phi) is 4.03. The number of hydrogen-bond donors (Lipinski definition) is 0. The van der Waals surface area contributed by atoms with E-state index in [1.165, 1.54) is 30.0 Å². The summed E-state index contributed by atoms with van der Waals surface area (Å²) in [6.07, 6.45) is 9.84. The molecule has 0 nitrogen and oxygen atoms in total. The van der Waals surface area contributed by atoms with Gasteiger partial charge in [-0.1, -0.05) is 0 Å². The molecule has 0 spiro atoms. The summed E-state index contributed by atoms with van der Waals surface area (Å²) in [6.45, 7) is 0. The first-order valence-electron chi connectivity index (χ1n) is 12.4. The van der Waals surface area contributed by atoms with Gasteiger partial charge in [0.25, 0.3) is 0 Å². The predicted octanol–water partition coefficient (Wildman–Crippen LogP) is 6.58. The molecule has 0 radical (unpaired) electrons. The molecular weight excluding hydrogens is 460 g/mol. The number of allylic oxidation sites excluding steroid dienone is 2. The molecule has 6 rings (SSSR count). The van der Waals surface area contributed by atoms with Crippen LogP contribution in [0.2, 0.25) is 10.5 Å². The molecule has 0 bridgehead atoms. The first kappa shape index (κ1) is 21.8. The third kappa shape index (κ3) is 2.29. The van der Waals surface area contributed by atoms with Gasteiger partial charge in [-0.25, -0.2) is 0 Å². The van der Waals surface area contributed by atoms with Gasteiger partial charge in [0.2, 0.25) is 0 Å². The quantitative estimate of drug-likeness (QED) is 0.282. The van der Waals surface area contributed by atoms with Gasteiger partial charge in [-0.15, -0.1) is 0 Å². The van der Waals surface area contributed by atoms with Crippen LogP contribution in [-0.4, -0.2) is 7.63 Å². The number of benzene rings is 4. The van der Waals surface area contributed by atoms with Crippen LogP contribution in [0.15, 0.2) is 121 Å². The first-order valence-corrected chi connectivity index (χ1v) is 22.9. The Hall–Kier alpha value is -2.71. The maximum atomic E-state index is 2.73. The molecule has 0 amide bonds. The van der Waals surface area contributed by atoms with Gasteiger partial charge >= 0.3 is 202 Å². The van der Waals surface area contributed by atoms with Crippen LogP contribution in [0.25, 0.3) is 12.2 Å². The minimum absolute atomic E-state index is 0.276. The zero-order chi connectivity index (χ0) is 23.6. The van der Waals surface area contributed by atoms with Crippen LogP contribution in [0.5, 0.6) is 0 Å². The van der Waals surface area contributed by atoms with Crippen molar-refractivity contribution in [2.75, 3.05) is 0 Å². The van der Waals surface area contributed by atoms with Crippen molar-refractivity contribution in [1.82, 2.24) is 0 Å². The molecule has 4 aromatic rings. The van der Waals surface area contributed by atoms with Gasteiger partial charge in [-0.05, 0) is 0 Å². The van der Waals surface area contributed by atoms with E-state index in [-0.39, 0.29) is 8.45 Å². The summed E-state index contributed by atoms with van der Waals surface area (Å²) in [4.78, 5) is 0. The van der Waals surface area contributed by atoms with Gasteiger partial charge in [-0.3, -0.25) is 0 Å². The van der Waals surface area contributed by atoms with E-state index in [9.17, 15) is 0 Å². The molecule has 2 heteroatoms. The molecular formula is C32H32SiTi. The van der Waals surface area contributed by atoms with Crippen LogP contribution < -0.4 is 7.74 Å². The van der Waals surface area contributed by atoms with E-state index in [0.717, 1.165) is 0 Å². The van der Waals surface area contributed by atoms with Gasteiger partial charge in [0, 0.05) is 0 Å². The van der Waals surface area contributed by atoms with Crippen molar-refractivity contribution in [2.24, 2.45) is 0 Å². The Morgan fingerprint density at radius 2 is 0.853 bits per heavy atom. The molecule has 0 aliphatic heterocycles. The summed E-state index contributed by atoms with van der Waals surface area (Å²) >= 11 is -5.17. The van der Waals surface area contributed by atoms with Gasteiger partial charge in [0.05, 0.1) is 0 Å². The minimum atomic E-state index is -5.17. The SMILES string of the molecule is [CH3][Ti]([CH3])(=[SiH2])([c]1ccccc1)([c]1ccccc1)([CH]1C=Cc2ccccc21)[CH]1C=Cc2ccccc21. The Balaban J connectivity index is 1.91. The Labute approximate surface area is 200 Å². The van der Waals surface area contributed by atoms with Crippen LogP contribution >= 0.6 is 0 Å². The van der Waals surface area contributed by atoms with Gasteiger partial charge in [0.15, 0.2) is 0 Å². The van der Waals surface area contributed by atoms with Crippen molar-refractivity contribution >= 4 is 27.5 Å². The van der Waals surface area contributed by atoms with Crippen molar-refractivity contribution in [3.8, 4) is 0 Å². The van der Waals surface area contributed by atoms with E-state index < -0.39 is 11.5 Å². The molecule has 2 aliphatic rings. The monoisotopic (exact) mass is 492 g/mol. The summed E-state index contributed by atoms with van der Waals surface area (Å²) in [5, 5.41) is 5.46. The molecule has 2 aliphatic carbocycles. The molecule has 0 aromatic heterocycles. The van der Waals surface area contributed by atoms with Crippen molar-refractivity contribution in [1.29, 1.82) is 0 Å². The van der Waals surface area contributed by atoms with Crippen LogP contribution in [0.3, 0.4) is 0 Å². The van der Waals surface area contributed by atoms with Crippen LogP contribution in [0, 0.1) is 0 Å². The van der Waals surface area contributed by atoms with Crippen LogP contribution in [0.1, 0.15) is 30.7 Å². The Morgan fingerprint density at radius 1 is 0.500 bits per heavy atom. The first-order chi connectivity index (χ1) is 16.2. The third-order valence-electron chi connectivity index (χ3n) is 10.3. The molecule has 0 saturated heterocycles. The average molecular weight is 493 g/mol. The molecule has 168 valence electrons. The molecule has 2 unspecified atom stereocenters. The normalized spacial score (nSPS) is 21.6. The zero-order valence-electron chi connectivity index (χ0n) is 20.1. The fourth-order valence-corrected chi connectivity index (χ4v) is 29.3. The number of fused-ring (bicyclic) bond motifs is 2. The van der Waals surface area contributed by atoms with E-state index in [1.54, 1.807) is 0 Å². The Morgan fingerprint density at radius 3 is 1.26 bits per heavy atom. The predicted molar refractivity (Wildman–Crippen MR) is 149 cm³/mol. The molecule has 0 saturated carbocycles. The topological polar surface area (TPSA) is 0 Å². The van der Waals surface area contributed by atoms with Gasteiger partial charge in [0.1, 0.15) is 0 Å². The summed E-state index contributed by atoms with van der Waals surface area (Å²) < 4.78 is 3.56. The second kappa shape index (κ2) is 6.29. The third-order valence-corrected chi connectivity index (χ3v) is 36.1. The Bertz CT molecular complexity index is 1510. The van der Waals surface area contributed by atoms with Gasteiger partial charge < -0.3 is 0 Å². The standard InChI is InChI=1S/2C9H7.2C6H5.2CH3.H2Si.Ti/c2*1-2-5-9-7-3-6-8(9)4-1;2*1-2-4-6-5-3-1;;;;/h2*1-7H;2*1-5H;2*1H3;1H2;. The molecule has 0 N–H and O–H groups in total. The van der Waals surface area contributed by atoms with Crippen molar-refractivity contribution in [2.45, 2.75) is 18.9 Å². The fourth-order valence-electron chi connectivity index (χ4n) is 8.06. The molecule has 34 heavy (non-hydrogen) atoms. The van der Waals surface area contributed by atoms with Crippen molar-refractivity contribution in [3.63, 3.8) is 0 Å². The summed E-state index contributed by atoms with van der Waals surface area (Å²) in [5.41, 5.74) is 5.64. The summed E-state index contributed by atoms with van der Waals surface area (Å²) in [7, 11) is 2.38. The summed E-state index contributed by atoms with van der Waals surface area (Å²) in [6, 6.07) is 41.1.